The minimum Gasteiger partial charge on any atom is -0.493 e. The lowest BCUT2D eigenvalue weighted by Crippen LogP contribution is -2.36. The molecule has 1 fully saturated rings. The Morgan fingerprint density at radius 3 is 2.67 bits per heavy atom. The Morgan fingerprint density at radius 1 is 1.11 bits per heavy atom. The third kappa shape index (κ3) is 5.16. The van der Waals surface area contributed by atoms with Gasteiger partial charge in [0.25, 0.3) is 0 Å². The van der Waals surface area contributed by atoms with E-state index in [1.165, 1.54) is 18.4 Å². The van der Waals surface area contributed by atoms with Crippen LogP contribution in [0.1, 0.15) is 48.8 Å². The summed E-state index contributed by atoms with van der Waals surface area (Å²) in [5.74, 6) is 2.03. The van der Waals surface area contributed by atoms with Crippen molar-refractivity contribution in [3.05, 3.63) is 58.6 Å². The lowest BCUT2D eigenvalue weighted by Gasteiger charge is -2.31. The zero-order chi connectivity index (χ0) is 19.2. The van der Waals surface area contributed by atoms with Crippen molar-refractivity contribution in [1.82, 2.24) is 5.32 Å². The molecule has 2 N–H and O–H groups in total. The first kappa shape index (κ1) is 20.0. The van der Waals surface area contributed by atoms with Crippen molar-refractivity contribution in [1.29, 1.82) is 0 Å². The summed E-state index contributed by atoms with van der Waals surface area (Å²) in [6, 6.07) is 14.0. The van der Waals surface area contributed by atoms with Crippen molar-refractivity contribution >= 4 is 11.6 Å². The predicted molar refractivity (Wildman–Crippen MR) is 109 cm³/mol. The van der Waals surface area contributed by atoms with Crippen molar-refractivity contribution in [3.63, 3.8) is 0 Å². The fraction of sp³-hybridized carbons (Fsp3) is 0.455. The van der Waals surface area contributed by atoms with Gasteiger partial charge in [0, 0.05) is 17.6 Å². The van der Waals surface area contributed by atoms with Gasteiger partial charge >= 0.3 is 0 Å². The van der Waals surface area contributed by atoms with Crippen molar-refractivity contribution in [2.75, 3.05) is 20.8 Å². The van der Waals surface area contributed by atoms with E-state index in [-0.39, 0.29) is 0 Å². The molecular formula is C22H28ClNO3. The van der Waals surface area contributed by atoms with Gasteiger partial charge in [-0.05, 0) is 60.6 Å². The van der Waals surface area contributed by atoms with Gasteiger partial charge < -0.3 is 19.9 Å². The Labute approximate surface area is 166 Å². The van der Waals surface area contributed by atoms with E-state index in [2.05, 4.69) is 17.4 Å². The molecule has 4 nitrogen and oxygen atoms in total. The summed E-state index contributed by atoms with van der Waals surface area (Å²) in [6.07, 6.45) is 3.98. The molecule has 0 bridgehead atoms. The summed E-state index contributed by atoms with van der Waals surface area (Å²) in [5.41, 5.74) is 2.14. The maximum Gasteiger partial charge on any atom is 0.160 e. The molecule has 5 heteroatoms. The molecule has 1 aliphatic carbocycles. The maximum atomic E-state index is 10.4. The van der Waals surface area contributed by atoms with Gasteiger partial charge in [0.05, 0.1) is 20.3 Å². The Bertz CT molecular complexity index is 752. The lowest BCUT2D eigenvalue weighted by molar-refractivity contribution is 0.164. The molecule has 0 aliphatic heterocycles. The van der Waals surface area contributed by atoms with Crippen molar-refractivity contribution in [2.24, 2.45) is 0 Å². The molecule has 2 aromatic rings. The van der Waals surface area contributed by atoms with Crippen LogP contribution >= 0.6 is 11.6 Å². The maximum absolute atomic E-state index is 10.4. The van der Waals surface area contributed by atoms with Crippen LogP contribution in [0.4, 0.5) is 0 Å². The summed E-state index contributed by atoms with van der Waals surface area (Å²) in [4.78, 5) is 0. The van der Waals surface area contributed by atoms with Crippen LogP contribution in [0.25, 0.3) is 0 Å². The number of aliphatic hydroxyl groups is 1. The predicted octanol–water partition coefficient (Wildman–Crippen LogP) is 4.71. The number of benzene rings is 2. The number of hydrogen-bond donors (Lipinski definition) is 2. The van der Waals surface area contributed by atoms with E-state index in [1.807, 2.05) is 30.3 Å². The monoisotopic (exact) mass is 389 g/mol. The van der Waals surface area contributed by atoms with E-state index in [0.717, 1.165) is 29.9 Å². The van der Waals surface area contributed by atoms with Gasteiger partial charge in [-0.15, -0.1) is 0 Å². The molecule has 0 heterocycles. The highest BCUT2D eigenvalue weighted by Gasteiger charge is 2.24. The van der Waals surface area contributed by atoms with Crippen molar-refractivity contribution in [2.45, 2.75) is 43.7 Å². The van der Waals surface area contributed by atoms with E-state index in [9.17, 15) is 5.11 Å². The van der Waals surface area contributed by atoms with Crippen LogP contribution in [0.2, 0.25) is 5.02 Å². The van der Waals surface area contributed by atoms with Crippen LogP contribution in [-0.2, 0) is 0 Å². The van der Waals surface area contributed by atoms with Crippen LogP contribution in [0.3, 0.4) is 0 Å². The number of rotatable bonds is 7. The number of halogens is 1. The second-order valence-electron chi connectivity index (χ2n) is 7.15. The highest BCUT2D eigenvalue weighted by molar-refractivity contribution is 6.30. The van der Waals surface area contributed by atoms with Crippen molar-refractivity contribution < 1.29 is 14.6 Å². The fourth-order valence-electron chi connectivity index (χ4n) is 3.89. The van der Waals surface area contributed by atoms with Gasteiger partial charge in [-0.3, -0.25) is 0 Å². The first-order valence-corrected chi connectivity index (χ1v) is 9.87. The van der Waals surface area contributed by atoms with Gasteiger partial charge in [-0.25, -0.2) is 0 Å². The summed E-state index contributed by atoms with van der Waals surface area (Å²) >= 11 is 6.02. The molecule has 0 saturated heterocycles. The summed E-state index contributed by atoms with van der Waals surface area (Å²) in [7, 11) is 3.33. The number of aliphatic hydroxyl groups excluding tert-OH is 1. The van der Waals surface area contributed by atoms with Crippen molar-refractivity contribution in [3.8, 4) is 11.5 Å². The van der Waals surface area contributed by atoms with E-state index < -0.39 is 6.10 Å². The minimum absolute atomic E-state index is 0.394. The molecule has 146 valence electrons. The first-order chi connectivity index (χ1) is 13.1. The molecular weight excluding hydrogens is 362 g/mol. The van der Waals surface area contributed by atoms with Gasteiger partial charge in [0.2, 0.25) is 0 Å². The normalized spacial score (nSPS) is 20.9. The molecule has 3 rings (SSSR count). The average Bonchev–Trinajstić information content (AvgIpc) is 2.71. The SMILES string of the molecule is COc1ccc(C2CCCC(NC[C@H](O)c3cccc(Cl)c3)C2)cc1OC. The van der Waals surface area contributed by atoms with Crippen LogP contribution in [0.5, 0.6) is 11.5 Å². The minimum atomic E-state index is -0.551. The van der Waals surface area contributed by atoms with Crippen LogP contribution in [0.15, 0.2) is 42.5 Å². The van der Waals surface area contributed by atoms with Gasteiger partial charge in [-0.1, -0.05) is 36.2 Å². The molecule has 3 atom stereocenters. The summed E-state index contributed by atoms with van der Waals surface area (Å²) in [6.45, 7) is 0.531. The Kier molecular flexibility index (Phi) is 7.00. The lowest BCUT2D eigenvalue weighted by atomic mass is 9.81. The van der Waals surface area contributed by atoms with E-state index in [0.29, 0.717) is 23.5 Å². The van der Waals surface area contributed by atoms with E-state index in [4.69, 9.17) is 21.1 Å². The highest BCUT2D eigenvalue weighted by atomic mass is 35.5. The quantitative estimate of drug-likeness (QED) is 0.720. The number of ether oxygens (including phenoxy) is 2. The molecule has 2 unspecified atom stereocenters. The number of hydrogen-bond acceptors (Lipinski definition) is 4. The third-order valence-corrected chi connectivity index (χ3v) is 5.62. The third-order valence-electron chi connectivity index (χ3n) is 5.39. The molecule has 2 aromatic carbocycles. The summed E-state index contributed by atoms with van der Waals surface area (Å²) in [5, 5.41) is 14.6. The fourth-order valence-corrected chi connectivity index (χ4v) is 4.09. The molecule has 1 saturated carbocycles. The number of nitrogens with one attached hydrogen (secondary N) is 1. The second kappa shape index (κ2) is 9.45. The van der Waals surface area contributed by atoms with Crippen LogP contribution in [-0.4, -0.2) is 31.9 Å². The molecule has 1 aliphatic rings. The zero-order valence-corrected chi connectivity index (χ0v) is 16.7. The Hall–Kier alpha value is -1.75. The largest absolute Gasteiger partial charge is 0.493 e. The molecule has 0 radical (unpaired) electrons. The average molecular weight is 390 g/mol. The Balaban J connectivity index is 1.59. The van der Waals surface area contributed by atoms with E-state index in [1.54, 1.807) is 14.2 Å². The first-order valence-electron chi connectivity index (χ1n) is 9.49. The summed E-state index contributed by atoms with van der Waals surface area (Å²) < 4.78 is 10.8. The van der Waals surface area contributed by atoms with Crippen LogP contribution < -0.4 is 14.8 Å². The molecule has 27 heavy (non-hydrogen) atoms. The smallest absolute Gasteiger partial charge is 0.160 e. The molecule has 0 spiro atoms. The molecule has 0 amide bonds. The number of methoxy groups -OCH3 is 2. The second-order valence-corrected chi connectivity index (χ2v) is 7.59. The Morgan fingerprint density at radius 2 is 1.93 bits per heavy atom. The van der Waals surface area contributed by atoms with Crippen LogP contribution in [0, 0.1) is 0 Å². The van der Waals surface area contributed by atoms with Gasteiger partial charge in [-0.2, -0.15) is 0 Å². The topological polar surface area (TPSA) is 50.7 Å². The van der Waals surface area contributed by atoms with Gasteiger partial charge in [0.15, 0.2) is 11.5 Å². The zero-order valence-electron chi connectivity index (χ0n) is 16.0. The van der Waals surface area contributed by atoms with E-state index >= 15 is 0 Å². The molecule has 0 aromatic heterocycles. The standard InChI is InChI=1S/C22H28ClNO3/c1-26-21-10-9-16(13-22(21)27-2)15-5-4-8-19(12-15)24-14-20(25)17-6-3-7-18(23)11-17/h3,6-7,9-11,13,15,19-20,24-25H,4-5,8,12,14H2,1-2H3/t15?,19?,20-/m0/s1. The highest BCUT2D eigenvalue weighted by Crippen LogP contribution is 2.37. The van der Waals surface area contributed by atoms with Gasteiger partial charge in [0.1, 0.15) is 0 Å².